The SMILES string of the molecule is OB(O)Oc1cccc2ccc3cc4ccccc4cc3c12.c1ccc([PH](c2ccccc2)(c2ccccc2)c2ccccc2-c2cccc3ccccc23)cc1. The van der Waals surface area contributed by atoms with Crippen molar-refractivity contribution in [2.45, 2.75) is 0 Å². The number of benzene rings is 10. The zero-order valence-corrected chi connectivity index (χ0v) is 32.2. The van der Waals surface area contributed by atoms with Crippen molar-refractivity contribution in [3.05, 3.63) is 224 Å². The molecule has 10 rings (SSSR count). The van der Waals surface area contributed by atoms with Gasteiger partial charge in [0.15, 0.2) is 0 Å². The Morgan fingerprint density at radius 3 is 1.47 bits per heavy atom. The molecule has 0 aliphatic carbocycles. The Balaban J connectivity index is 0.000000165. The standard InChI is InChI=1S/C34H27P.C18H13BO3/c1-4-17-28(18-5-1)35(29-19-6-2-7-20-29,30-21-8-3-9-22-30)34-26-13-12-24-33(34)32-25-14-16-27-15-10-11-23-31(27)32;20-19(21)22-17-7-3-6-12-8-9-15-10-13-4-1-2-5-14(13)11-16(15)18(12)17/h1-26,35H;1-11,20-21H. The van der Waals surface area contributed by atoms with E-state index in [9.17, 15) is 0 Å². The molecule has 0 unspecified atom stereocenters. The Morgan fingerprint density at radius 2 is 0.825 bits per heavy atom. The van der Waals surface area contributed by atoms with E-state index in [-0.39, 0.29) is 0 Å². The van der Waals surface area contributed by atoms with E-state index in [1.165, 1.54) is 48.5 Å². The fourth-order valence-electron chi connectivity index (χ4n) is 8.52. The summed E-state index contributed by atoms with van der Waals surface area (Å²) in [7, 11) is -4.45. The average Bonchev–Trinajstić information content (AvgIpc) is 3.27. The minimum atomic E-state index is -2.61. The predicted molar refractivity (Wildman–Crippen MR) is 245 cm³/mol. The maximum absolute atomic E-state index is 9.14. The van der Waals surface area contributed by atoms with E-state index in [0.29, 0.717) is 5.75 Å². The molecule has 0 bridgehead atoms. The summed E-state index contributed by atoms with van der Waals surface area (Å²) in [6.07, 6.45) is 0. The van der Waals surface area contributed by atoms with E-state index in [2.05, 4.69) is 188 Å². The van der Waals surface area contributed by atoms with Crippen LogP contribution in [0.4, 0.5) is 0 Å². The van der Waals surface area contributed by atoms with Gasteiger partial charge in [0.2, 0.25) is 0 Å². The van der Waals surface area contributed by atoms with Crippen molar-refractivity contribution in [2.24, 2.45) is 0 Å². The van der Waals surface area contributed by atoms with Crippen LogP contribution in [-0.4, -0.2) is 17.4 Å². The van der Waals surface area contributed by atoms with E-state index < -0.39 is 14.6 Å². The van der Waals surface area contributed by atoms with Gasteiger partial charge in [0.1, 0.15) is 5.75 Å². The molecular weight excluding hydrogens is 714 g/mol. The summed E-state index contributed by atoms with van der Waals surface area (Å²) < 4.78 is 5.16. The van der Waals surface area contributed by atoms with E-state index in [4.69, 9.17) is 14.7 Å². The normalized spacial score (nSPS) is 11.6. The monoisotopic (exact) mass is 754 g/mol. The van der Waals surface area contributed by atoms with Crippen LogP contribution < -0.4 is 25.9 Å². The molecule has 0 atom stereocenters. The van der Waals surface area contributed by atoms with Crippen LogP contribution in [0.15, 0.2) is 224 Å². The number of rotatable bonds is 7. The molecule has 5 heteroatoms. The van der Waals surface area contributed by atoms with Gasteiger partial charge in [0.05, 0.1) is 0 Å². The molecule has 0 aliphatic rings. The van der Waals surface area contributed by atoms with Crippen molar-refractivity contribution in [3.63, 3.8) is 0 Å². The zero-order valence-electron chi connectivity index (χ0n) is 31.2. The molecule has 0 spiro atoms. The van der Waals surface area contributed by atoms with Crippen LogP contribution >= 0.6 is 7.26 Å². The third-order valence-electron chi connectivity index (χ3n) is 11.0. The Hall–Kier alpha value is -6.55. The molecule has 0 aromatic heterocycles. The van der Waals surface area contributed by atoms with Crippen LogP contribution in [-0.2, 0) is 0 Å². The van der Waals surface area contributed by atoms with Gasteiger partial charge in [-0.25, -0.2) is 0 Å². The Morgan fingerprint density at radius 1 is 0.351 bits per heavy atom. The van der Waals surface area contributed by atoms with Crippen molar-refractivity contribution >= 4 is 78.9 Å². The molecule has 0 radical (unpaired) electrons. The van der Waals surface area contributed by atoms with E-state index >= 15 is 0 Å². The van der Waals surface area contributed by atoms with Gasteiger partial charge in [0.25, 0.3) is 0 Å². The van der Waals surface area contributed by atoms with Crippen LogP contribution in [0.5, 0.6) is 5.75 Å². The first-order chi connectivity index (χ1) is 28.1. The van der Waals surface area contributed by atoms with Crippen LogP contribution in [0, 0.1) is 0 Å². The van der Waals surface area contributed by atoms with Gasteiger partial charge in [-0.05, 0) is 45.1 Å². The second kappa shape index (κ2) is 15.9. The van der Waals surface area contributed by atoms with E-state index in [1.807, 2.05) is 30.3 Å². The number of fused-ring (bicyclic) bond motifs is 5. The van der Waals surface area contributed by atoms with Crippen LogP contribution in [0.25, 0.3) is 54.2 Å². The summed E-state index contributed by atoms with van der Waals surface area (Å²) in [5, 5.41) is 32.8. The average molecular weight is 755 g/mol. The minimum absolute atomic E-state index is 0.466. The van der Waals surface area contributed by atoms with Gasteiger partial charge in [-0.2, -0.15) is 0 Å². The molecule has 0 saturated carbocycles. The summed E-state index contributed by atoms with van der Waals surface area (Å²) in [6.45, 7) is 0. The van der Waals surface area contributed by atoms with Crippen molar-refractivity contribution in [1.82, 2.24) is 0 Å². The topological polar surface area (TPSA) is 49.7 Å². The van der Waals surface area contributed by atoms with Crippen LogP contribution in [0.3, 0.4) is 0 Å². The third kappa shape index (κ3) is 6.86. The van der Waals surface area contributed by atoms with Crippen molar-refractivity contribution < 1.29 is 14.7 Å². The molecule has 3 nitrogen and oxygen atoms in total. The third-order valence-corrected chi connectivity index (χ3v) is 15.8. The molecule has 0 fully saturated rings. The first-order valence-corrected chi connectivity index (χ1v) is 21.2. The van der Waals surface area contributed by atoms with Gasteiger partial charge < -0.3 is 14.7 Å². The zero-order chi connectivity index (χ0) is 38.6. The van der Waals surface area contributed by atoms with Gasteiger partial charge in [-0.1, -0.05) is 48.5 Å². The second-order valence-corrected chi connectivity index (χ2v) is 18.0. The Kier molecular flexibility index (Phi) is 10.1. The summed E-state index contributed by atoms with van der Waals surface area (Å²) in [6, 6.07) is 80.0. The molecule has 10 aromatic carbocycles. The fourth-order valence-corrected chi connectivity index (χ4v) is 13.5. The molecule has 2 N–H and O–H groups in total. The number of hydrogen-bond acceptors (Lipinski definition) is 3. The van der Waals surface area contributed by atoms with E-state index in [1.54, 1.807) is 6.07 Å². The van der Waals surface area contributed by atoms with Gasteiger partial charge in [0, 0.05) is 5.39 Å². The molecule has 57 heavy (non-hydrogen) atoms. The molecule has 0 aliphatic heterocycles. The van der Waals surface area contributed by atoms with Crippen molar-refractivity contribution in [2.75, 3.05) is 0 Å². The van der Waals surface area contributed by atoms with Gasteiger partial charge >= 0.3 is 215 Å². The van der Waals surface area contributed by atoms with Crippen molar-refractivity contribution in [1.29, 1.82) is 0 Å². The molecule has 10 aromatic rings. The molecule has 0 amide bonds. The summed E-state index contributed by atoms with van der Waals surface area (Å²) in [5.74, 6) is 0.466. The maximum atomic E-state index is 9.14. The predicted octanol–water partition coefficient (Wildman–Crippen LogP) is 10.4. The quantitative estimate of drug-likeness (QED) is 0.0737. The second-order valence-electron chi connectivity index (χ2n) is 14.2. The van der Waals surface area contributed by atoms with Crippen molar-refractivity contribution in [3.8, 4) is 16.9 Å². The first-order valence-electron chi connectivity index (χ1n) is 19.2. The fraction of sp³-hybridized carbons (Fsp3) is 0. The summed E-state index contributed by atoms with van der Waals surface area (Å²) in [5.41, 5.74) is 2.60. The van der Waals surface area contributed by atoms with Gasteiger partial charge in [-0.3, -0.25) is 0 Å². The first kappa shape index (κ1) is 36.1. The van der Waals surface area contributed by atoms with Gasteiger partial charge in [-0.15, -0.1) is 0 Å². The molecule has 0 heterocycles. The van der Waals surface area contributed by atoms with Crippen LogP contribution in [0.2, 0.25) is 0 Å². The number of hydrogen-bond donors (Lipinski definition) is 2. The van der Waals surface area contributed by atoms with Crippen LogP contribution in [0.1, 0.15) is 0 Å². The Bertz CT molecular complexity index is 2870. The molecule has 0 saturated heterocycles. The molecular formula is C52H40BO3P. The Labute approximate surface area is 333 Å². The van der Waals surface area contributed by atoms with E-state index in [0.717, 1.165) is 26.9 Å². The summed E-state index contributed by atoms with van der Waals surface area (Å²) in [4.78, 5) is 0. The summed E-state index contributed by atoms with van der Waals surface area (Å²) >= 11 is 0. The molecule has 274 valence electrons.